The third kappa shape index (κ3) is 9.30. The molecule has 14 nitrogen and oxygen atoms in total. The molecular weight excluding hydrogens is 660 g/mol. The number of halogens is 2. The SMILES string of the molecule is CCOC1CCC(n2cc(NC(=O)c3csc(-c4cnn(COC(=O)CCCNC(=O)[C@H](N)CC)c4)n3)c(-c3nc(F)ccc3F)n2)CC1. The average Bonchev–Trinajstić information content (AvgIpc) is 3.87. The van der Waals surface area contributed by atoms with Crippen LogP contribution < -0.4 is 16.4 Å². The van der Waals surface area contributed by atoms with Crippen LogP contribution in [-0.4, -0.2) is 72.6 Å². The smallest absolute Gasteiger partial charge is 0.307 e. The van der Waals surface area contributed by atoms with Gasteiger partial charge in [0, 0.05) is 42.9 Å². The monoisotopic (exact) mass is 699 g/mol. The predicted molar refractivity (Wildman–Crippen MR) is 176 cm³/mol. The minimum absolute atomic E-state index is 0.00833. The number of carbonyl (C=O) groups excluding carboxylic acids is 3. The molecule has 0 radical (unpaired) electrons. The number of thiazole rings is 1. The fraction of sp³-hybridized carbons (Fsp3) is 0.469. The summed E-state index contributed by atoms with van der Waals surface area (Å²) >= 11 is 1.20. The van der Waals surface area contributed by atoms with Gasteiger partial charge in [-0.15, -0.1) is 11.3 Å². The number of rotatable bonds is 15. The van der Waals surface area contributed by atoms with E-state index in [1.54, 1.807) is 22.5 Å². The summed E-state index contributed by atoms with van der Waals surface area (Å²) in [7, 11) is 0. The van der Waals surface area contributed by atoms with E-state index in [0.29, 0.717) is 36.6 Å². The molecule has 2 amide bonds. The van der Waals surface area contributed by atoms with Crippen LogP contribution >= 0.6 is 11.3 Å². The zero-order valence-corrected chi connectivity index (χ0v) is 28.0. The number of nitrogens with one attached hydrogen (secondary N) is 2. The van der Waals surface area contributed by atoms with Crippen molar-refractivity contribution in [1.29, 1.82) is 0 Å². The van der Waals surface area contributed by atoms with Crippen LogP contribution in [0.25, 0.3) is 22.0 Å². The molecule has 0 saturated heterocycles. The highest BCUT2D eigenvalue weighted by Crippen LogP contribution is 2.34. The normalized spacial score (nSPS) is 16.7. The Morgan fingerprint density at radius 1 is 1.10 bits per heavy atom. The van der Waals surface area contributed by atoms with E-state index in [-0.39, 0.29) is 54.0 Å². The molecule has 4 aromatic heterocycles. The van der Waals surface area contributed by atoms with Crippen LogP contribution in [0.15, 0.2) is 36.1 Å². The molecule has 17 heteroatoms. The van der Waals surface area contributed by atoms with Crippen molar-refractivity contribution >= 4 is 34.8 Å². The number of hydrogen-bond acceptors (Lipinski definition) is 11. The summed E-state index contributed by atoms with van der Waals surface area (Å²) in [6.07, 6.45) is 9.18. The molecule has 5 rings (SSSR count). The number of anilines is 1. The zero-order valence-electron chi connectivity index (χ0n) is 27.2. The van der Waals surface area contributed by atoms with Crippen molar-refractivity contribution in [2.24, 2.45) is 5.73 Å². The number of aromatic nitrogens is 6. The van der Waals surface area contributed by atoms with Crippen molar-refractivity contribution in [2.45, 2.75) is 83.7 Å². The maximum Gasteiger partial charge on any atom is 0.307 e. The molecule has 0 aliphatic heterocycles. The minimum Gasteiger partial charge on any atom is -0.442 e. The fourth-order valence-corrected chi connectivity index (χ4v) is 6.13. The molecule has 4 heterocycles. The summed E-state index contributed by atoms with van der Waals surface area (Å²) in [5.41, 5.74) is 6.22. The molecule has 262 valence electrons. The maximum atomic E-state index is 14.8. The molecule has 1 aliphatic rings. The molecule has 1 saturated carbocycles. The maximum absolute atomic E-state index is 14.8. The Balaban J connectivity index is 1.21. The van der Waals surface area contributed by atoms with Crippen LogP contribution in [0, 0.1) is 11.8 Å². The van der Waals surface area contributed by atoms with Crippen LogP contribution in [0.4, 0.5) is 14.5 Å². The molecular formula is C32H39F2N9O5S. The number of hydrogen-bond donors (Lipinski definition) is 3. The molecule has 1 fully saturated rings. The first-order valence-corrected chi connectivity index (χ1v) is 17.0. The first-order chi connectivity index (χ1) is 23.6. The van der Waals surface area contributed by atoms with Gasteiger partial charge in [-0.3, -0.25) is 19.1 Å². The highest BCUT2D eigenvalue weighted by Gasteiger charge is 2.27. The van der Waals surface area contributed by atoms with E-state index in [2.05, 4.69) is 30.8 Å². The van der Waals surface area contributed by atoms with Gasteiger partial charge in [-0.2, -0.15) is 14.6 Å². The molecule has 1 atom stereocenters. The van der Waals surface area contributed by atoms with Crippen molar-refractivity contribution in [3.63, 3.8) is 0 Å². The Morgan fingerprint density at radius 2 is 1.90 bits per heavy atom. The van der Waals surface area contributed by atoms with E-state index in [0.717, 1.165) is 37.8 Å². The summed E-state index contributed by atoms with van der Waals surface area (Å²) < 4.78 is 43.0. The lowest BCUT2D eigenvalue weighted by Gasteiger charge is -2.28. The molecule has 1 aliphatic carbocycles. The van der Waals surface area contributed by atoms with Crippen molar-refractivity contribution in [3.8, 4) is 22.0 Å². The van der Waals surface area contributed by atoms with Gasteiger partial charge in [0.05, 0.1) is 30.1 Å². The van der Waals surface area contributed by atoms with Crippen LogP contribution in [0.2, 0.25) is 0 Å². The minimum atomic E-state index is -0.877. The lowest BCUT2D eigenvalue weighted by atomic mass is 9.93. The summed E-state index contributed by atoms with van der Waals surface area (Å²) in [4.78, 5) is 45.4. The second-order valence-electron chi connectivity index (χ2n) is 11.5. The van der Waals surface area contributed by atoms with Crippen LogP contribution in [0.1, 0.15) is 75.3 Å². The topological polar surface area (TPSA) is 181 Å². The lowest BCUT2D eigenvalue weighted by molar-refractivity contribution is -0.148. The molecule has 0 bridgehead atoms. The summed E-state index contributed by atoms with van der Waals surface area (Å²) in [5.74, 6) is -2.94. The van der Waals surface area contributed by atoms with Crippen molar-refractivity contribution in [1.82, 2.24) is 34.8 Å². The molecule has 4 aromatic rings. The van der Waals surface area contributed by atoms with E-state index in [1.807, 2.05) is 13.8 Å². The largest absolute Gasteiger partial charge is 0.442 e. The van der Waals surface area contributed by atoms with Crippen LogP contribution in [-0.2, 0) is 25.8 Å². The Hall–Kier alpha value is -4.61. The summed E-state index contributed by atoms with van der Waals surface area (Å²) in [6, 6.07) is 1.30. The second kappa shape index (κ2) is 16.7. The van der Waals surface area contributed by atoms with Crippen molar-refractivity contribution in [3.05, 3.63) is 53.6 Å². The predicted octanol–water partition coefficient (Wildman–Crippen LogP) is 4.45. The Morgan fingerprint density at radius 3 is 2.65 bits per heavy atom. The van der Waals surface area contributed by atoms with Crippen LogP contribution in [0.5, 0.6) is 0 Å². The van der Waals surface area contributed by atoms with Gasteiger partial charge < -0.3 is 25.8 Å². The first kappa shape index (κ1) is 35.7. The summed E-state index contributed by atoms with van der Waals surface area (Å²) in [6.45, 7) is 4.59. The van der Waals surface area contributed by atoms with E-state index < -0.39 is 29.7 Å². The van der Waals surface area contributed by atoms with Crippen molar-refractivity contribution < 1.29 is 32.6 Å². The van der Waals surface area contributed by atoms with Gasteiger partial charge in [0.1, 0.15) is 22.1 Å². The first-order valence-electron chi connectivity index (χ1n) is 16.2. The highest BCUT2D eigenvalue weighted by atomic mass is 32.1. The molecule has 0 unspecified atom stereocenters. The quantitative estimate of drug-likeness (QED) is 0.0911. The molecule has 49 heavy (non-hydrogen) atoms. The van der Waals surface area contributed by atoms with Gasteiger partial charge in [0.25, 0.3) is 5.91 Å². The van der Waals surface area contributed by atoms with Gasteiger partial charge in [0.15, 0.2) is 12.5 Å². The third-order valence-electron chi connectivity index (χ3n) is 8.05. The number of nitrogens with two attached hydrogens (primary N) is 1. The van der Waals surface area contributed by atoms with Crippen molar-refractivity contribution in [2.75, 3.05) is 18.5 Å². The second-order valence-corrected chi connectivity index (χ2v) is 12.4. The Kier molecular flexibility index (Phi) is 12.1. The van der Waals surface area contributed by atoms with E-state index >= 15 is 0 Å². The number of nitrogens with zero attached hydrogens (tertiary/aromatic N) is 6. The zero-order chi connectivity index (χ0) is 34.9. The van der Waals surface area contributed by atoms with Crippen LogP contribution in [0.3, 0.4) is 0 Å². The molecule has 0 spiro atoms. The van der Waals surface area contributed by atoms with E-state index in [4.69, 9.17) is 15.2 Å². The van der Waals surface area contributed by atoms with Gasteiger partial charge in [0.2, 0.25) is 11.9 Å². The van der Waals surface area contributed by atoms with Gasteiger partial charge in [-0.25, -0.2) is 19.0 Å². The number of ether oxygens (including phenoxy) is 2. The molecule has 0 aromatic carbocycles. The van der Waals surface area contributed by atoms with Gasteiger partial charge in [-0.05, 0) is 57.6 Å². The van der Waals surface area contributed by atoms with E-state index in [1.165, 1.54) is 22.2 Å². The summed E-state index contributed by atoms with van der Waals surface area (Å²) in [5, 5.41) is 16.2. The number of esters is 1. The van der Waals surface area contributed by atoms with E-state index in [9.17, 15) is 23.2 Å². The number of carbonyl (C=O) groups is 3. The fourth-order valence-electron chi connectivity index (χ4n) is 5.35. The lowest BCUT2D eigenvalue weighted by Crippen LogP contribution is -2.40. The van der Waals surface area contributed by atoms with Gasteiger partial charge in [-0.1, -0.05) is 6.92 Å². The third-order valence-corrected chi connectivity index (χ3v) is 8.94. The highest BCUT2D eigenvalue weighted by molar-refractivity contribution is 7.13. The average molecular weight is 700 g/mol. The number of pyridine rings is 1. The standard InChI is InChI=1S/C32H39F2N9O5S/c1-3-23(35)30(45)36-13-5-6-27(44)48-18-42-15-19(14-37-42)32-39-25(17-49-32)31(46)38-24-16-43(20-7-9-21(10-8-20)47-4-2)41-29(24)28-22(33)11-12-26(34)40-28/h11-12,14-17,20-21,23H,3-10,13,18,35H2,1-2H3,(H,36,45)(H,38,46)/t20?,21?,23-/m1/s1. The Labute approximate surface area is 285 Å². The number of amides is 2. The molecule has 4 N–H and O–H groups in total. The Bertz CT molecular complexity index is 1750. The van der Waals surface area contributed by atoms with Gasteiger partial charge >= 0.3 is 5.97 Å².